The second-order valence-corrected chi connectivity index (χ2v) is 10.8. The molecule has 0 radical (unpaired) electrons. The normalized spacial score (nSPS) is 17.2. The lowest BCUT2D eigenvalue weighted by Crippen LogP contribution is -2.50. The highest BCUT2D eigenvalue weighted by Crippen LogP contribution is 2.32. The number of anilines is 3. The van der Waals surface area contributed by atoms with E-state index in [-0.39, 0.29) is 48.3 Å². The molecule has 0 bridgehead atoms. The van der Waals surface area contributed by atoms with Crippen LogP contribution in [0, 0.1) is 11.7 Å². The fourth-order valence-corrected chi connectivity index (χ4v) is 4.66. The topological polar surface area (TPSA) is 123 Å². The van der Waals surface area contributed by atoms with E-state index >= 15 is 0 Å². The maximum atomic E-state index is 13.7. The van der Waals surface area contributed by atoms with Crippen molar-refractivity contribution in [3.63, 3.8) is 0 Å². The van der Waals surface area contributed by atoms with Gasteiger partial charge in [0.1, 0.15) is 17.7 Å². The SMILES string of the molecule is C[C@H](CO)N1C[C@H](C)[C@@H](CN(C)C(=O)Nc2ccc(F)cc2)Oc2ccc(NC(=O)Nc3ccc(C(F)(F)F)cc3)cc2C1=O. The van der Waals surface area contributed by atoms with Gasteiger partial charge in [0.2, 0.25) is 0 Å². The fourth-order valence-electron chi connectivity index (χ4n) is 4.66. The molecule has 14 heteroatoms. The number of urea groups is 2. The zero-order chi connectivity index (χ0) is 32.9. The van der Waals surface area contributed by atoms with Gasteiger partial charge in [-0.1, -0.05) is 6.92 Å². The monoisotopic (exact) mass is 631 g/mol. The van der Waals surface area contributed by atoms with Crippen LogP contribution in [-0.2, 0) is 6.18 Å². The molecule has 0 saturated carbocycles. The Kier molecular flexibility index (Phi) is 10.2. The summed E-state index contributed by atoms with van der Waals surface area (Å²) in [6.07, 6.45) is -5.11. The first-order chi connectivity index (χ1) is 21.2. The molecule has 3 aromatic carbocycles. The number of halogens is 4. The first kappa shape index (κ1) is 33.1. The molecule has 0 spiro atoms. The highest BCUT2D eigenvalue weighted by molar-refractivity contribution is 6.02. The van der Waals surface area contributed by atoms with E-state index in [0.717, 1.165) is 24.3 Å². The number of benzene rings is 3. The van der Waals surface area contributed by atoms with Gasteiger partial charge in [0.05, 0.1) is 30.3 Å². The third-order valence-corrected chi connectivity index (χ3v) is 7.29. The molecule has 5 amide bonds. The quantitative estimate of drug-likeness (QED) is 0.243. The molecule has 1 aliphatic heterocycles. The zero-order valence-corrected chi connectivity index (χ0v) is 24.7. The van der Waals surface area contributed by atoms with Crippen molar-refractivity contribution in [3.05, 3.63) is 83.7 Å². The molecule has 3 aromatic rings. The molecule has 0 aliphatic carbocycles. The summed E-state index contributed by atoms with van der Waals surface area (Å²) in [6, 6.07) is 11.8. The van der Waals surface area contributed by atoms with Crippen LogP contribution in [0.5, 0.6) is 5.75 Å². The highest BCUT2D eigenvalue weighted by Gasteiger charge is 2.34. The number of nitrogens with zero attached hydrogens (tertiary/aromatic N) is 2. The second-order valence-electron chi connectivity index (χ2n) is 10.8. The number of hydrogen-bond donors (Lipinski definition) is 4. The third kappa shape index (κ3) is 8.41. The lowest BCUT2D eigenvalue weighted by Gasteiger charge is -2.38. The number of aliphatic hydroxyl groups is 1. The Morgan fingerprint density at radius 2 is 1.58 bits per heavy atom. The van der Waals surface area contributed by atoms with Gasteiger partial charge in [-0.25, -0.2) is 14.0 Å². The number of amides is 5. The maximum Gasteiger partial charge on any atom is 0.416 e. The number of likely N-dealkylation sites (N-methyl/N-ethyl adjacent to an activating group) is 1. The van der Waals surface area contributed by atoms with Crippen LogP contribution in [0.4, 0.5) is 44.2 Å². The first-order valence-electron chi connectivity index (χ1n) is 14.0. The van der Waals surface area contributed by atoms with E-state index in [9.17, 15) is 37.1 Å². The van der Waals surface area contributed by atoms with Crippen molar-refractivity contribution in [2.75, 3.05) is 42.7 Å². The molecule has 10 nitrogen and oxygen atoms in total. The van der Waals surface area contributed by atoms with E-state index in [1.54, 1.807) is 14.0 Å². The minimum absolute atomic E-state index is 0.0953. The van der Waals surface area contributed by atoms with Gasteiger partial charge < -0.3 is 35.6 Å². The van der Waals surface area contributed by atoms with Crippen molar-refractivity contribution in [1.29, 1.82) is 0 Å². The molecule has 1 heterocycles. The van der Waals surface area contributed by atoms with Gasteiger partial charge in [-0.2, -0.15) is 13.2 Å². The smallest absolute Gasteiger partial charge is 0.416 e. The molecule has 0 fully saturated rings. The van der Waals surface area contributed by atoms with E-state index in [2.05, 4.69) is 16.0 Å². The van der Waals surface area contributed by atoms with Gasteiger partial charge in [-0.3, -0.25) is 4.79 Å². The van der Waals surface area contributed by atoms with Crippen LogP contribution in [0.3, 0.4) is 0 Å². The van der Waals surface area contributed by atoms with Gasteiger partial charge in [-0.05, 0) is 73.7 Å². The van der Waals surface area contributed by atoms with Crippen LogP contribution in [-0.4, -0.2) is 71.8 Å². The number of fused-ring (bicyclic) bond motifs is 1. The Morgan fingerprint density at radius 1 is 1.00 bits per heavy atom. The summed E-state index contributed by atoms with van der Waals surface area (Å²) in [5.74, 6) is -0.991. The van der Waals surface area contributed by atoms with Crippen molar-refractivity contribution in [2.24, 2.45) is 5.92 Å². The molecule has 0 aromatic heterocycles. The molecule has 0 saturated heterocycles. The summed E-state index contributed by atoms with van der Waals surface area (Å²) in [7, 11) is 1.57. The summed E-state index contributed by atoms with van der Waals surface area (Å²) in [5.41, 5.74) is -0.0343. The third-order valence-electron chi connectivity index (χ3n) is 7.29. The van der Waals surface area contributed by atoms with E-state index < -0.39 is 47.7 Å². The number of ether oxygens (including phenoxy) is 1. The number of carbonyl (C=O) groups is 3. The lowest BCUT2D eigenvalue weighted by atomic mass is 9.99. The van der Waals surface area contributed by atoms with Crippen LogP contribution in [0.15, 0.2) is 66.7 Å². The summed E-state index contributed by atoms with van der Waals surface area (Å²) in [6.45, 7) is 3.52. The van der Waals surface area contributed by atoms with Crippen LogP contribution in [0.25, 0.3) is 0 Å². The fraction of sp³-hybridized carbons (Fsp3) is 0.323. The molecule has 240 valence electrons. The molecular weight excluding hydrogens is 598 g/mol. The predicted molar refractivity (Wildman–Crippen MR) is 160 cm³/mol. The van der Waals surface area contributed by atoms with E-state index in [1.165, 1.54) is 52.3 Å². The second kappa shape index (κ2) is 13.8. The van der Waals surface area contributed by atoms with Gasteiger partial charge in [-0.15, -0.1) is 0 Å². The summed E-state index contributed by atoms with van der Waals surface area (Å²) < 4.78 is 58.0. The lowest BCUT2D eigenvalue weighted by molar-refractivity contribution is -0.137. The van der Waals surface area contributed by atoms with Crippen molar-refractivity contribution in [2.45, 2.75) is 32.2 Å². The van der Waals surface area contributed by atoms with E-state index in [1.807, 2.05) is 6.92 Å². The van der Waals surface area contributed by atoms with Crippen LogP contribution >= 0.6 is 0 Å². The Labute approximate surface area is 257 Å². The van der Waals surface area contributed by atoms with E-state index in [0.29, 0.717) is 5.69 Å². The molecule has 4 rings (SSSR count). The number of rotatable bonds is 7. The van der Waals surface area contributed by atoms with Gasteiger partial charge >= 0.3 is 18.2 Å². The number of alkyl halides is 3. The van der Waals surface area contributed by atoms with Crippen molar-refractivity contribution >= 4 is 35.0 Å². The predicted octanol–water partition coefficient (Wildman–Crippen LogP) is 5.87. The van der Waals surface area contributed by atoms with E-state index in [4.69, 9.17) is 4.74 Å². The minimum Gasteiger partial charge on any atom is -0.487 e. The maximum absolute atomic E-state index is 13.7. The number of carbonyl (C=O) groups excluding carboxylic acids is 3. The molecule has 3 atom stereocenters. The summed E-state index contributed by atoms with van der Waals surface area (Å²) in [4.78, 5) is 42.0. The highest BCUT2D eigenvalue weighted by atomic mass is 19.4. The molecule has 0 unspecified atom stereocenters. The molecular formula is C31H33F4N5O5. The molecule has 45 heavy (non-hydrogen) atoms. The zero-order valence-electron chi connectivity index (χ0n) is 24.7. The van der Waals surface area contributed by atoms with Crippen LogP contribution < -0.4 is 20.7 Å². The summed E-state index contributed by atoms with van der Waals surface area (Å²) >= 11 is 0. The van der Waals surface area contributed by atoms with Crippen LogP contribution in [0.2, 0.25) is 0 Å². The molecule has 1 aliphatic rings. The number of nitrogens with one attached hydrogen (secondary N) is 3. The van der Waals surface area contributed by atoms with Crippen molar-refractivity contribution < 1.29 is 41.8 Å². The standard InChI is InChI=1S/C31H33F4N5O5/c1-18-15-40(19(2)17-41)28(42)25-14-24(37-29(43)36-22-8-4-20(5-9-22)31(33,34)35)12-13-26(25)45-27(18)16-39(3)30(44)38-23-10-6-21(32)7-11-23/h4-14,18-19,27,41H,15-17H2,1-3H3,(H,38,44)(H2,36,37,43)/t18-,19+,27+/m0/s1. The Balaban J connectivity index is 1.52. The van der Waals surface area contributed by atoms with Crippen molar-refractivity contribution in [1.82, 2.24) is 9.80 Å². The Bertz CT molecular complexity index is 1520. The minimum atomic E-state index is -4.51. The van der Waals surface area contributed by atoms with Gasteiger partial charge in [0, 0.05) is 36.6 Å². The first-order valence-corrected chi connectivity index (χ1v) is 14.0. The average molecular weight is 632 g/mol. The largest absolute Gasteiger partial charge is 0.487 e. The van der Waals surface area contributed by atoms with Gasteiger partial charge in [0.25, 0.3) is 5.91 Å². The average Bonchev–Trinajstić information content (AvgIpc) is 2.99. The molecule has 4 N–H and O–H groups in total. The van der Waals surface area contributed by atoms with Crippen LogP contribution in [0.1, 0.15) is 29.8 Å². The number of hydrogen-bond acceptors (Lipinski definition) is 5. The Hall–Kier alpha value is -4.85. The number of aliphatic hydroxyl groups excluding tert-OH is 1. The summed E-state index contributed by atoms with van der Waals surface area (Å²) in [5, 5.41) is 17.6. The van der Waals surface area contributed by atoms with Gasteiger partial charge in [0.15, 0.2) is 0 Å². The van der Waals surface area contributed by atoms with Crippen molar-refractivity contribution in [3.8, 4) is 5.75 Å². The Morgan fingerprint density at radius 3 is 2.20 bits per heavy atom.